The van der Waals surface area contributed by atoms with Crippen LogP contribution in [0.4, 0.5) is 4.79 Å². The molecule has 2 rings (SSSR count). The Morgan fingerprint density at radius 2 is 2.00 bits per heavy atom. The smallest absolute Gasteiger partial charge is 0.409 e. The van der Waals surface area contributed by atoms with Crippen LogP contribution < -0.4 is 0 Å². The van der Waals surface area contributed by atoms with Crippen LogP contribution in [0, 0.1) is 13.8 Å². The van der Waals surface area contributed by atoms with Crippen molar-refractivity contribution in [3.8, 4) is 0 Å². The van der Waals surface area contributed by atoms with Crippen molar-refractivity contribution >= 4 is 17.1 Å². The molecule has 0 unspecified atom stereocenters. The van der Waals surface area contributed by atoms with Gasteiger partial charge >= 0.3 is 6.09 Å². The average molecular weight is 261 g/mol. The number of hydrogen-bond donors (Lipinski definition) is 0. The van der Waals surface area contributed by atoms with Crippen molar-refractivity contribution in [2.45, 2.75) is 20.4 Å². The minimum Gasteiger partial charge on any atom is -0.448 e. The molecule has 0 aliphatic heterocycles. The lowest BCUT2D eigenvalue weighted by Gasteiger charge is -2.11. The second-order valence-electron chi connectivity index (χ2n) is 4.87. The van der Waals surface area contributed by atoms with Gasteiger partial charge in [-0.1, -0.05) is 0 Å². The number of benzene rings is 1. The van der Waals surface area contributed by atoms with Gasteiger partial charge in [0.25, 0.3) is 0 Å². The third kappa shape index (κ3) is 2.86. The second-order valence-corrected chi connectivity index (χ2v) is 4.87. The Kier molecular flexibility index (Phi) is 3.74. The fourth-order valence-corrected chi connectivity index (χ4v) is 1.85. The summed E-state index contributed by atoms with van der Waals surface area (Å²) in [6.45, 7) is 5.11. The molecular weight excluding hydrogens is 242 g/mol. The Bertz CT molecular complexity index is 602. The quantitative estimate of drug-likeness (QED) is 0.852. The molecule has 19 heavy (non-hydrogen) atoms. The number of amides is 1. The highest BCUT2D eigenvalue weighted by Gasteiger charge is 2.07. The topological polar surface area (TPSA) is 47.4 Å². The highest BCUT2D eigenvalue weighted by atomic mass is 16.6. The molecule has 0 aliphatic carbocycles. The SMILES string of the molecule is Cc1cc2ncn(CCOC(=O)N(C)C)c2cc1C. The van der Waals surface area contributed by atoms with E-state index in [-0.39, 0.29) is 6.09 Å². The lowest BCUT2D eigenvalue weighted by molar-refractivity contribution is 0.115. The van der Waals surface area contributed by atoms with Gasteiger partial charge in [0.05, 0.1) is 23.9 Å². The van der Waals surface area contributed by atoms with Crippen LogP contribution in [0.1, 0.15) is 11.1 Å². The minimum atomic E-state index is -0.323. The lowest BCUT2D eigenvalue weighted by Crippen LogP contribution is -2.24. The van der Waals surface area contributed by atoms with Gasteiger partial charge in [0.1, 0.15) is 6.61 Å². The molecule has 0 radical (unpaired) electrons. The molecule has 102 valence electrons. The molecule has 5 nitrogen and oxygen atoms in total. The van der Waals surface area contributed by atoms with Crippen molar-refractivity contribution in [2.24, 2.45) is 0 Å². The van der Waals surface area contributed by atoms with E-state index in [1.54, 1.807) is 20.4 Å². The molecule has 0 aliphatic rings. The van der Waals surface area contributed by atoms with E-state index in [1.807, 2.05) is 4.57 Å². The standard InChI is InChI=1S/C14H19N3O2/c1-10-7-12-13(8-11(10)2)17(9-15-12)5-6-19-14(18)16(3)4/h7-9H,5-6H2,1-4H3. The van der Waals surface area contributed by atoms with Gasteiger partial charge in [-0.05, 0) is 37.1 Å². The molecule has 5 heteroatoms. The third-order valence-electron chi connectivity index (χ3n) is 3.16. The zero-order valence-electron chi connectivity index (χ0n) is 11.8. The molecule has 0 bridgehead atoms. The predicted molar refractivity (Wildman–Crippen MR) is 74.2 cm³/mol. The van der Waals surface area contributed by atoms with Gasteiger partial charge in [0.2, 0.25) is 0 Å². The summed E-state index contributed by atoms with van der Waals surface area (Å²) in [5.41, 5.74) is 4.52. The molecule has 2 aromatic rings. The second kappa shape index (κ2) is 5.30. The minimum absolute atomic E-state index is 0.323. The first-order chi connectivity index (χ1) is 8.99. The van der Waals surface area contributed by atoms with Crippen LogP contribution in [0.3, 0.4) is 0 Å². The molecule has 1 aromatic carbocycles. The van der Waals surface area contributed by atoms with Crippen molar-refractivity contribution in [1.82, 2.24) is 14.5 Å². The molecule has 0 spiro atoms. The number of carbonyl (C=O) groups excluding carboxylic acids is 1. The summed E-state index contributed by atoms with van der Waals surface area (Å²) in [6, 6.07) is 4.19. The molecule has 1 aromatic heterocycles. The van der Waals surface area contributed by atoms with E-state index in [0.717, 1.165) is 11.0 Å². The van der Waals surface area contributed by atoms with Gasteiger partial charge in [0.15, 0.2) is 0 Å². The van der Waals surface area contributed by atoms with Gasteiger partial charge in [-0.15, -0.1) is 0 Å². The summed E-state index contributed by atoms with van der Waals surface area (Å²) in [5, 5.41) is 0. The van der Waals surface area contributed by atoms with Crippen LogP contribution in [0.15, 0.2) is 18.5 Å². The summed E-state index contributed by atoms with van der Waals surface area (Å²) < 4.78 is 7.12. The normalized spacial score (nSPS) is 10.7. The van der Waals surface area contributed by atoms with Crippen molar-refractivity contribution in [3.63, 3.8) is 0 Å². The van der Waals surface area contributed by atoms with Gasteiger partial charge in [0, 0.05) is 14.1 Å². The van der Waals surface area contributed by atoms with Crippen LogP contribution >= 0.6 is 0 Å². The first-order valence-electron chi connectivity index (χ1n) is 6.25. The Balaban J connectivity index is 2.09. The number of rotatable bonds is 3. The lowest BCUT2D eigenvalue weighted by atomic mass is 10.1. The third-order valence-corrected chi connectivity index (χ3v) is 3.16. The van der Waals surface area contributed by atoms with Crippen LogP contribution in [0.5, 0.6) is 0 Å². The average Bonchev–Trinajstić information content (AvgIpc) is 2.72. The number of nitrogens with zero attached hydrogens (tertiary/aromatic N) is 3. The number of aryl methyl sites for hydroxylation is 2. The van der Waals surface area contributed by atoms with Crippen molar-refractivity contribution < 1.29 is 9.53 Å². The maximum atomic E-state index is 11.3. The first kappa shape index (κ1) is 13.4. The van der Waals surface area contributed by atoms with E-state index in [9.17, 15) is 4.79 Å². The zero-order valence-corrected chi connectivity index (χ0v) is 11.8. The van der Waals surface area contributed by atoms with Gasteiger partial charge in [-0.2, -0.15) is 0 Å². The van der Waals surface area contributed by atoms with E-state index in [1.165, 1.54) is 16.0 Å². The van der Waals surface area contributed by atoms with E-state index >= 15 is 0 Å². The molecule has 0 atom stereocenters. The predicted octanol–water partition coefficient (Wildman–Crippen LogP) is 2.35. The van der Waals surface area contributed by atoms with Crippen molar-refractivity contribution in [3.05, 3.63) is 29.6 Å². The molecule has 0 N–H and O–H groups in total. The Hall–Kier alpha value is -2.04. The summed E-state index contributed by atoms with van der Waals surface area (Å²) in [7, 11) is 3.34. The summed E-state index contributed by atoms with van der Waals surface area (Å²) in [5.74, 6) is 0. The fourth-order valence-electron chi connectivity index (χ4n) is 1.85. The Labute approximate surface area is 112 Å². The largest absolute Gasteiger partial charge is 0.448 e. The molecule has 0 fully saturated rings. The van der Waals surface area contributed by atoms with E-state index in [4.69, 9.17) is 4.74 Å². The molecule has 1 amide bonds. The summed E-state index contributed by atoms with van der Waals surface area (Å²) in [6.07, 6.45) is 1.46. The Morgan fingerprint density at radius 3 is 2.68 bits per heavy atom. The number of fused-ring (bicyclic) bond motifs is 1. The highest BCUT2D eigenvalue weighted by molar-refractivity contribution is 5.77. The van der Waals surface area contributed by atoms with Crippen LogP contribution in [0.2, 0.25) is 0 Å². The van der Waals surface area contributed by atoms with Gasteiger partial charge in [-0.25, -0.2) is 9.78 Å². The number of imidazole rings is 1. The first-order valence-corrected chi connectivity index (χ1v) is 6.25. The molecule has 0 saturated carbocycles. The van der Waals surface area contributed by atoms with Crippen LogP contribution in [0.25, 0.3) is 11.0 Å². The van der Waals surface area contributed by atoms with E-state index in [2.05, 4.69) is 31.0 Å². The van der Waals surface area contributed by atoms with E-state index < -0.39 is 0 Å². The molecule has 0 saturated heterocycles. The maximum Gasteiger partial charge on any atom is 0.409 e. The zero-order chi connectivity index (χ0) is 14.0. The van der Waals surface area contributed by atoms with Gasteiger partial charge < -0.3 is 14.2 Å². The number of carbonyl (C=O) groups is 1. The van der Waals surface area contributed by atoms with Gasteiger partial charge in [-0.3, -0.25) is 0 Å². The number of ether oxygens (including phenoxy) is 1. The number of hydrogen-bond acceptors (Lipinski definition) is 3. The highest BCUT2D eigenvalue weighted by Crippen LogP contribution is 2.18. The fraction of sp³-hybridized carbons (Fsp3) is 0.429. The van der Waals surface area contributed by atoms with Crippen LogP contribution in [-0.2, 0) is 11.3 Å². The summed E-state index contributed by atoms with van der Waals surface area (Å²) >= 11 is 0. The van der Waals surface area contributed by atoms with E-state index in [0.29, 0.717) is 13.2 Å². The maximum absolute atomic E-state index is 11.3. The van der Waals surface area contributed by atoms with Crippen LogP contribution in [-0.4, -0.2) is 41.2 Å². The monoisotopic (exact) mass is 261 g/mol. The summed E-state index contributed by atoms with van der Waals surface area (Å²) in [4.78, 5) is 17.1. The molecular formula is C14H19N3O2. The Morgan fingerprint density at radius 1 is 1.32 bits per heavy atom. The molecule has 1 heterocycles. The van der Waals surface area contributed by atoms with Crippen molar-refractivity contribution in [1.29, 1.82) is 0 Å². The van der Waals surface area contributed by atoms with Crippen molar-refractivity contribution in [2.75, 3.05) is 20.7 Å². The number of aromatic nitrogens is 2.